The van der Waals surface area contributed by atoms with Crippen LogP contribution in [0, 0.1) is 10.6 Å². The van der Waals surface area contributed by atoms with Gasteiger partial charge in [0.15, 0.2) is 0 Å². The maximum absolute atomic E-state index is 4.22. The average molecular weight is 270 g/mol. The number of pyridine rings is 2. The molecule has 0 bridgehead atoms. The summed E-state index contributed by atoms with van der Waals surface area (Å²) >= 11 is 2.21. The van der Waals surface area contributed by atoms with Crippen molar-refractivity contribution in [2.45, 2.75) is 6.92 Å². The van der Waals surface area contributed by atoms with Crippen molar-refractivity contribution in [2.24, 2.45) is 0 Å². The van der Waals surface area contributed by atoms with Crippen LogP contribution >= 0.6 is 22.6 Å². The van der Waals surface area contributed by atoms with Crippen molar-refractivity contribution in [1.82, 2.24) is 9.97 Å². The lowest BCUT2D eigenvalue weighted by Gasteiger charge is -1.99. The first kappa shape index (κ1) is 7.91. The van der Waals surface area contributed by atoms with Gasteiger partial charge in [0.1, 0.15) is 3.70 Å². The molecule has 2 nitrogen and oxygen atoms in total. The van der Waals surface area contributed by atoms with Crippen LogP contribution in [0.2, 0.25) is 0 Å². The summed E-state index contributed by atoms with van der Waals surface area (Å²) in [5.74, 6) is 0. The van der Waals surface area contributed by atoms with Crippen LogP contribution in [-0.2, 0) is 0 Å². The van der Waals surface area contributed by atoms with Crippen LogP contribution < -0.4 is 0 Å². The van der Waals surface area contributed by atoms with Gasteiger partial charge in [0.25, 0.3) is 0 Å². The van der Waals surface area contributed by atoms with Crippen molar-refractivity contribution >= 4 is 33.5 Å². The number of nitrogens with zero attached hydrogens (tertiary/aromatic N) is 2. The molecule has 0 N–H and O–H groups in total. The van der Waals surface area contributed by atoms with Crippen LogP contribution in [0.25, 0.3) is 10.9 Å². The highest BCUT2D eigenvalue weighted by molar-refractivity contribution is 14.1. The van der Waals surface area contributed by atoms with Gasteiger partial charge in [-0.15, -0.1) is 0 Å². The number of hydrogen-bond acceptors (Lipinski definition) is 2. The summed E-state index contributed by atoms with van der Waals surface area (Å²) in [7, 11) is 0. The second kappa shape index (κ2) is 2.97. The third-order valence-electron chi connectivity index (χ3n) is 1.81. The molecular formula is C9H7IN2. The number of halogens is 1. The maximum atomic E-state index is 4.22. The molecule has 0 saturated heterocycles. The lowest BCUT2D eigenvalue weighted by atomic mass is 10.2. The van der Waals surface area contributed by atoms with Gasteiger partial charge in [-0.3, -0.25) is 4.98 Å². The van der Waals surface area contributed by atoms with Crippen molar-refractivity contribution in [3.63, 3.8) is 0 Å². The molecule has 3 heteroatoms. The number of aromatic nitrogens is 2. The van der Waals surface area contributed by atoms with Crippen molar-refractivity contribution in [1.29, 1.82) is 0 Å². The molecule has 0 aliphatic rings. The van der Waals surface area contributed by atoms with Gasteiger partial charge in [-0.1, -0.05) is 0 Å². The summed E-state index contributed by atoms with van der Waals surface area (Å²) in [4.78, 5) is 8.39. The van der Waals surface area contributed by atoms with E-state index in [2.05, 4.69) is 45.5 Å². The van der Waals surface area contributed by atoms with Gasteiger partial charge >= 0.3 is 0 Å². The van der Waals surface area contributed by atoms with E-state index in [0.29, 0.717) is 0 Å². The Balaban J connectivity index is 2.88. The number of aryl methyl sites for hydroxylation is 1. The molecule has 0 atom stereocenters. The number of fused-ring (bicyclic) bond motifs is 1. The molecule has 0 aliphatic carbocycles. The zero-order chi connectivity index (χ0) is 8.55. The summed E-state index contributed by atoms with van der Waals surface area (Å²) in [6.45, 7) is 2.08. The summed E-state index contributed by atoms with van der Waals surface area (Å²) in [6.07, 6.45) is 3.62. The number of rotatable bonds is 0. The summed E-state index contributed by atoms with van der Waals surface area (Å²) in [6, 6.07) is 4.07. The minimum absolute atomic E-state index is 0.968. The van der Waals surface area contributed by atoms with Crippen molar-refractivity contribution in [3.05, 3.63) is 33.8 Å². The first-order chi connectivity index (χ1) is 5.77. The van der Waals surface area contributed by atoms with E-state index in [0.717, 1.165) is 9.22 Å². The highest BCUT2D eigenvalue weighted by Crippen LogP contribution is 2.16. The molecule has 0 aliphatic heterocycles. The third-order valence-corrected chi connectivity index (χ3v) is 2.40. The predicted molar refractivity (Wildman–Crippen MR) is 57.0 cm³/mol. The highest BCUT2D eigenvalue weighted by Gasteiger charge is 1.98. The predicted octanol–water partition coefficient (Wildman–Crippen LogP) is 2.54. The standard InChI is InChI=1S/C9H7IN2/c1-6-2-3-11-8-5-12-9(10)4-7(6)8/h2-5H,1H3. The lowest BCUT2D eigenvalue weighted by Crippen LogP contribution is -1.85. The lowest BCUT2D eigenvalue weighted by molar-refractivity contribution is 1.26. The molecule has 0 unspecified atom stereocenters. The summed E-state index contributed by atoms with van der Waals surface area (Å²) < 4.78 is 1.01. The van der Waals surface area contributed by atoms with E-state index < -0.39 is 0 Å². The van der Waals surface area contributed by atoms with Crippen molar-refractivity contribution in [2.75, 3.05) is 0 Å². The molecule has 0 radical (unpaired) electrons. The first-order valence-electron chi connectivity index (χ1n) is 3.64. The first-order valence-corrected chi connectivity index (χ1v) is 4.72. The average Bonchev–Trinajstić information content (AvgIpc) is 2.07. The molecular weight excluding hydrogens is 263 g/mol. The Morgan fingerprint density at radius 2 is 2.17 bits per heavy atom. The minimum atomic E-state index is 0.968. The van der Waals surface area contributed by atoms with Gasteiger partial charge in [0.2, 0.25) is 0 Å². The van der Waals surface area contributed by atoms with Crippen LogP contribution in [0.1, 0.15) is 5.56 Å². The van der Waals surface area contributed by atoms with Gasteiger partial charge in [0, 0.05) is 11.6 Å². The fourth-order valence-electron chi connectivity index (χ4n) is 1.16. The topological polar surface area (TPSA) is 25.8 Å². The van der Waals surface area contributed by atoms with Gasteiger partial charge in [-0.25, -0.2) is 4.98 Å². The normalized spacial score (nSPS) is 10.5. The summed E-state index contributed by atoms with van der Waals surface area (Å²) in [5, 5.41) is 1.19. The second-order valence-electron chi connectivity index (χ2n) is 2.65. The largest absolute Gasteiger partial charge is 0.255 e. The maximum Gasteiger partial charge on any atom is 0.102 e. The van der Waals surface area contributed by atoms with Gasteiger partial charge in [-0.2, -0.15) is 0 Å². The van der Waals surface area contributed by atoms with E-state index in [4.69, 9.17) is 0 Å². The van der Waals surface area contributed by atoms with Gasteiger partial charge in [0.05, 0.1) is 11.7 Å². The molecule has 0 amide bonds. The van der Waals surface area contributed by atoms with Crippen LogP contribution in [-0.4, -0.2) is 9.97 Å². The molecule has 0 aromatic carbocycles. The van der Waals surface area contributed by atoms with Gasteiger partial charge in [-0.05, 0) is 47.2 Å². The molecule has 12 heavy (non-hydrogen) atoms. The van der Waals surface area contributed by atoms with E-state index in [-0.39, 0.29) is 0 Å². The molecule has 0 spiro atoms. The van der Waals surface area contributed by atoms with E-state index in [1.54, 1.807) is 0 Å². The monoisotopic (exact) mass is 270 g/mol. The quantitative estimate of drug-likeness (QED) is 0.543. The Labute approximate surface area is 84.2 Å². The second-order valence-corrected chi connectivity index (χ2v) is 3.76. The van der Waals surface area contributed by atoms with Gasteiger partial charge < -0.3 is 0 Å². The molecule has 0 fully saturated rings. The van der Waals surface area contributed by atoms with E-state index in [1.807, 2.05) is 18.5 Å². The van der Waals surface area contributed by atoms with Crippen molar-refractivity contribution in [3.8, 4) is 0 Å². The zero-order valence-electron chi connectivity index (χ0n) is 6.58. The number of hydrogen-bond donors (Lipinski definition) is 0. The molecule has 0 saturated carbocycles. The molecule has 60 valence electrons. The fraction of sp³-hybridized carbons (Fsp3) is 0.111. The fourth-order valence-corrected chi connectivity index (χ4v) is 1.61. The Kier molecular flexibility index (Phi) is 1.96. The van der Waals surface area contributed by atoms with Crippen molar-refractivity contribution < 1.29 is 0 Å². The molecule has 2 aromatic heterocycles. The van der Waals surface area contributed by atoms with Crippen LogP contribution in [0.4, 0.5) is 0 Å². The Morgan fingerprint density at radius 3 is 3.00 bits per heavy atom. The third kappa shape index (κ3) is 1.29. The summed E-state index contributed by atoms with van der Waals surface area (Å²) in [5.41, 5.74) is 2.22. The van der Waals surface area contributed by atoms with Crippen LogP contribution in [0.3, 0.4) is 0 Å². The van der Waals surface area contributed by atoms with E-state index in [1.165, 1.54) is 10.9 Å². The van der Waals surface area contributed by atoms with E-state index >= 15 is 0 Å². The minimum Gasteiger partial charge on any atom is -0.255 e. The Bertz CT molecular complexity index is 426. The zero-order valence-corrected chi connectivity index (χ0v) is 8.74. The van der Waals surface area contributed by atoms with Crippen LogP contribution in [0.5, 0.6) is 0 Å². The smallest absolute Gasteiger partial charge is 0.102 e. The molecule has 2 rings (SSSR count). The Morgan fingerprint density at radius 1 is 1.33 bits per heavy atom. The molecule has 2 aromatic rings. The SMILES string of the molecule is Cc1ccnc2cnc(I)cc12. The molecule has 2 heterocycles. The van der Waals surface area contributed by atoms with E-state index in [9.17, 15) is 0 Å². The van der Waals surface area contributed by atoms with Crippen LogP contribution in [0.15, 0.2) is 24.5 Å². The Hall–Kier alpha value is -0.710. The highest BCUT2D eigenvalue weighted by atomic mass is 127.